The van der Waals surface area contributed by atoms with Crippen molar-refractivity contribution < 1.29 is 0 Å². The lowest BCUT2D eigenvalue weighted by Gasteiger charge is -2.22. The van der Waals surface area contributed by atoms with Crippen molar-refractivity contribution in [2.24, 2.45) is 5.92 Å². The van der Waals surface area contributed by atoms with Crippen LogP contribution in [-0.4, -0.2) is 25.0 Å². The number of hydrogen-bond donors (Lipinski definition) is 0. The van der Waals surface area contributed by atoms with Crippen LogP contribution in [-0.2, 0) is 0 Å². The van der Waals surface area contributed by atoms with Crippen molar-refractivity contribution in [3.05, 3.63) is 36.2 Å². The van der Waals surface area contributed by atoms with Gasteiger partial charge in [-0.3, -0.25) is 0 Å². The second kappa shape index (κ2) is 5.61. The zero-order chi connectivity index (χ0) is 13.1. The average Bonchev–Trinajstić information content (AvgIpc) is 2.78. The maximum Gasteiger partial charge on any atom is 0.161 e. The number of hydrogen-bond acceptors (Lipinski definition) is 3. The molecule has 0 aliphatic heterocycles. The van der Waals surface area contributed by atoms with E-state index < -0.39 is 0 Å². The van der Waals surface area contributed by atoms with Crippen molar-refractivity contribution in [2.75, 3.05) is 0 Å². The maximum atomic E-state index is 4.21. The van der Waals surface area contributed by atoms with Gasteiger partial charge in [-0.2, -0.15) is 4.68 Å². The molecule has 0 spiro atoms. The van der Waals surface area contributed by atoms with E-state index in [1.807, 2.05) is 35.0 Å². The van der Waals surface area contributed by atoms with Gasteiger partial charge in [-0.05, 0) is 28.5 Å². The number of aromatic nitrogens is 4. The van der Waals surface area contributed by atoms with Crippen LogP contribution in [0.3, 0.4) is 0 Å². The molecule has 2 atom stereocenters. The van der Waals surface area contributed by atoms with Crippen molar-refractivity contribution in [3.63, 3.8) is 0 Å². The van der Waals surface area contributed by atoms with Gasteiger partial charge in [-0.1, -0.05) is 54.9 Å². The third kappa shape index (κ3) is 2.61. The van der Waals surface area contributed by atoms with Crippen molar-refractivity contribution in [1.82, 2.24) is 20.2 Å². The Morgan fingerprint density at radius 1 is 1.11 bits per heavy atom. The van der Waals surface area contributed by atoms with Gasteiger partial charge >= 0.3 is 0 Å². The minimum atomic E-state index is 0.278. The fourth-order valence-corrected chi connectivity index (χ4v) is 3.04. The Morgan fingerprint density at radius 2 is 1.78 bits per heavy atom. The first kappa shape index (κ1) is 13.2. The molecule has 0 N–H and O–H groups in total. The molecule has 2 aromatic rings. The Balaban J connectivity index is 2.44. The molecule has 5 heteroatoms. The van der Waals surface area contributed by atoms with E-state index in [1.165, 1.54) is 0 Å². The second-order valence-electron chi connectivity index (χ2n) is 4.73. The molecule has 2 rings (SSSR count). The highest BCUT2D eigenvalue weighted by atomic mass is 79.9. The first-order chi connectivity index (χ1) is 8.61. The highest BCUT2D eigenvalue weighted by Crippen LogP contribution is 2.31. The number of para-hydroxylation sites is 1. The summed E-state index contributed by atoms with van der Waals surface area (Å²) in [6.45, 7) is 6.51. The van der Waals surface area contributed by atoms with Crippen molar-refractivity contribution in [2.45, 2.75) is 31.5 Å². The predicted molar refractivity (Wildman–Crippen MR) is 75.1 cm³/mol. The summed E-state index contributed by atoms with van der Waals surface area (Å²) >= 11 is 3.66. The normalized spacial score (nSPS) is 14.7. The molecule has 0 aliphatic rings. The lowest BCUT2D eigenvalue weighted by atomic mass is 9.92. The number of alkyl halides is 1. The summed E-state index contributed by atoms with van der Waals surface area (Å²) in [6.07, 6.45) is 0. The van der Waals surface area contributed by atoms with E-state index in [1.54, 1.807) is 0 Å². The summed E-state index contributed by atoms with van der Waals surface area (Å²) in [6, 6.07) is 9.98. The van der Waals surface area contributed by atoms with E-state index in [9.17, 15) is 0 Å². The molecule has 1 heterocycles. The highest BCUT2D eigenvalue weighted by Gasteiger charge is 2.27. The van der Waals surface area contributed by atoms with Crippen LogP contribution in [0, 0.1) is 5.92 Å². The van der Waals surface area contributed by atoms with Crippen LogP contribution in [0.5, 0.6) is 0 Å². The predicted octanol–water partition coefficient (Wildman–Crippen LogP) is 3.19. The van der Waals surface area contributed by atoms with Gasteiger partial charge in [0.1, 0.15) is 0 Å². The first-order valence-electron chi connectivity index (χ1n) is 6.09. The van der Waals surface area contributed by atoms with Crippen LogP contribution in [0.2, 0.25) is 0 Å². The van der Waals surface area contributed by atoms with Crippen LogP contribution in [0.4, 0.5) is 0 Å². The summed E-state index contributed by atoms with van der Waals surface area (Å²) in [5, 5.41) is 12.1. The summed E-state index contributed by atoms with van der Waals surface area (Å²) in [5.41, 5.74) is 0.997. The highest BCUT2D eigenvalue weighted by molar-refractivity contribution is 9.09. The molecule has 2 unspecified atom stereocenters. The molecule has 0 bridgehead atoms. The zero-order valence-corrected chi connectivity index (χ0v) is 12.4. The van der Waals surface area contributed by atoms with E-state index in [0.717, 1.165) is 11.5 Å². The Hall–Kier alpha value is -1.23. The SMILES string of the molecule is CC(C)C(c1nnnn1-c1ccccc1)C(C)Br. The molecule has 96 valence electrons. The van der Waals surface area contributed by atoms with Gasteiger partial charge in [0.05, 0.1) is 5.69 Å². The van der Waals surface area contributed by atoms with Gasteiger partial charge in [-0.25, -0.2) is 0 Å². The molecule has 4 nitrogen and oxygen atoms in total. The molecule has 0 fully saturated rings. The van der Waals surface area contributed by atoms with E-state index in [4.69, 9.17) is 0 Å². The molecule has 0 saturated carbocycles. The fraction of sp³-hybridized carbons (Fsp3) is 0.462. The van der Waals surface area contributed by atoms with E-state index in [-0.39, 0.29) is 5.92 Å². The number of benzene rings is 1. The Kier molecular flexibility index (Phi) is 4.11. The molecule has 1 aromatic carbocycles. The maximum absolute atomic E-state index is 4.21. The van der Waals surface area contributed by atoms with Crippen LogP contribution in [0.25, 0.3) is 5.69 Å². The molecule has 1 aromatic heterocycles. The largest absolute Gasteiger partial charge is 0.197 e. The minimum Gasteiger partial charge on any atom is -0.197 e. The minimum absolute atomic E-state index is 0.278. The van der Waals surface area contributed by atoms with Gasteiger partial charge in [0.25, 0.3) is 0 Å². The van der Waals surface area contributed by atoms with Crippen molar-refractivity contribution >= 4 is 15.9 Å². The Morgan fingerprint density at radius 3 is 2.33 bits per heavy atom. The van der Waals surface area contributed by atoms with E-state index in [2.05, 4.69) is 52.2 Å². The molecule has 0 aliphatic carbocycles. The van der Waals surface area contributed by atoms with Crippen LogP contribution < -0.4 is 0 Å². The van der Waals surface area contributed by atoms with Crippen LogP contribution in [0.1, 0.15) is 32.5 Å². The van der Waals surface area contributed by atoms with Gasteiger partial charge < -0.3 is 0 Å². The number of nitrogens with zero attached hydrogens (tertiary/aromatic N) is 4. The van der Waals surface area contributed by atoms with Gasteiger partial charge in [0.15, 0.2) is 5.82 Å². The number of tetrazole rings is 1. The lowest BCUT2D eigenvalue weighted by molar-refractivity contribution is 0.466. The van der Waals surface area contributed by atoms with Gasteiger partial charge in [0.2, 0.25) is 0 Å². The third-order valence-electron chi connectivity index (χ3n) is 3.01. The van der Waals surface area contributed by atoms with Gasteiger partial charge in [0, 0.05) is 10.7 Å². The van der Waals surface area contributed by atoms with Crippen LogP contribution in [0.15, 0.2) is 30.3 Å². The second-order valence-corrected chi connectivity index (χ2v) is 6.18. The number of rotatable bonds is 4. The van der Waals surface area contributed by atoms with Crippen LogP contribution >= 0.6 is 15.9 Å². The zero-order valence-electron chi connectivity index (χ0n) is 10.8. The molecule has 18 heavy (non-hydrogen) atoms. The standard InChI is InChI=1S/C13H17BrN4/c1-9(2)12(10(3)14)13-15-16-17-18(13)11-7-5-4-6-8-11/h4-10,12H,1-3H3. The topological polar surface area (TPSA) is 43.6 Å². The van der Waals surface area contributed by atoms with E-state index in [0.29, 0.717) is 10.7 Å². The van der Waals surface area contributed by atoms with Crippen molar-refractivity contribution in [1.29, 1.82) is 0 Å². The summed E-state index contributed by atoms with van der Waals surface area (Å²) in [4.78, 5) is 0.325. The third-order valence-corrected chi connectivity index (χ3v) is 3.58. The summed E-state index contributed by atoms with van der Waals surface area (Å²) in [5.74, 6) is 1.65. The lowest BCUT2D eigenvalue weighted by Crippen LogP contribution is -2.20. The monoisotopic (exact) mass is 308 g/mol. The fourth-order valence-electron chi connectivity index (χ4n) is 2.19. The Bertz CT molecular complexity index is 485. The number of halogens is 1. The van der Waals surface area contributed by atoms with Gasteiger partial charge in [-0.15, -0.1) is 5.10 Å². The molecular formula is C13H17BrN4. The molecule has 0 radical (unpaired) electrons. The quantitative estimate of drug-likeness (QED) is 0.815. The Labute approximate surface area is 116 Å². The molecule has 0 amide bonds. The van der Waals surface area contributed by atoms with E-state index >= 15 is 0 Å². The summed E-state index contributed by atoms with van der Waals surface area (Å²) in [7, 11) is 0. The average molecular weight is 309 g/mol. The molecule has 0 saturated heterocycles. The summed E-state index contributed by atoms with van der Waals surface area (Å²) < 4.78 is 1.82. The first-order valence-corrected chi connectivity index (χ1v) is 7.00. The molecular weight excluding hydrogens is 292 g/mol. The van der Waals surface area contributed by atoms with Crippen molar-refractivity contribution in [3.8, 4) is 5.69 Å². The smallest absolute Gasteiger partial charge is 0.161 e.